The normalized spacial score (nSPS) is 11.2. The number of carbonyl (C=O) groups excluding carboxylic acids is 1. The molecule has 0 spiro atoms. The first-order valence-corrected chi connectivity index (χ1v) is 9.11. The average Bonchev–Trinajstić information content (AvgIpc) is 3.15. The summed E-state index contributed by atoms with van der Waals surface area (Å²) in [7, 11) is 1.61. The van der Waals surface area contributed by atoms with Gasteiger partial charge < -0.3 is 9.15 Å². The molecule has 5 nitrogen and oxygen atoms in total. The number of fused-ring (bicyclic) bond motifs is 2. The van der Waals surface area contributed by atoms with E-state index in [0.29, 0.717) is 15.7 Å². The van der Waals surface area contributed by atoms with Crippen molar-refractivity contribution in [2.24, 2.45) is 0 Å². The number of amides is 1. The highest BCUT2D eigenvalue weighted by Gasteiger charge is 2.20. The molecule has 2 heterocycles. The zero-order chi connectivity index (χ0) is 18.4. The van der Waals surface area contributed by atoms with E-state index < -0.39 is 0 Å². The number of methoxy groups -OCH3 is 1. The van der Waals surface area contributed by atoms with E-state index in [9.17, 15) is 4.79 Å². The highest BCUT2D eigenvalue weighted by Crippen LogP contribution is 2.32. The van der Waals surface area contributed by atoms with Crippen LogP contribution in [0.3, 0.4) is 0 Å². The molecule has 0 unspecified atom stereocenters. The molecule has 0 aliphatic rings. The molecule has 0 aliphatic carbocycles. The Balaban J connectivity index is 1.68. The van der Waals surface area contributed by atoms with E-state index in [2.05, 4.69) is 10.3 Å². The Kier molecular flexibility index (Phi) is 4.09. The fraction of sp³-hybridized carbons (Fsp3) is 0.158. The van der Waals surface area contributed by atoms with Crippen molar-refractivity contribution in [2.75, 3.05) is 12.4 Å². The van der Waals surface area contributed by atoms with Crippen molar-refractivity contribution in [3.63, 3.8) is 0 Å². The van der Waals surface area contributed by atoms with E-state index in [1.54, 1.807) is 7.11 Å². The maximum Gasteiger partial charge on any atom is 0.293 e. The standard InChI is InChI=1S/C19H15ClN2O3S/c1-9-6-15-12(8-13(9)20)10(2)17(25-15)18(23)22-19-21-14-5-4-11(24-3)7-16(14)26-19/h4-8H,1-3H3,(H,21,22,23). The van der Waals surface area contributed by atoms with E-state index in [0.717, 1.165) is 32.5 Å². The molecule has 0 aliphatic heterocycles. The predicted molar refractivity (Wildman–Crippen MR) is 105 cm³/mol. The molecule has 4 aromatic rings. The third-order valence-electron chi connectivity index (χ3n) is 4.24. The molecule has 0 bridgehead atoms. The van der Waals surface area contributed by atoms with Crippen LogP contribution in [-0.4, -0.2) is 18.0 Å². The van der Waals surface area contributed by atoms with Crippen LogP contribution in [0.2, 0.25) is 5.02 Å². The lowest BCUT2D eigenvalue weighted by Gasteiger charge is -1.98. The lowest BCUT2D eigenvalue weighted by Crippen LogP contribution is -2.11. The molecule has 0 saturated heterocycles. The molecule has 7 heteroatoms. The Hall–Kier alpha value is -2.57. The number of furan rings is 1. The van der Waals surface area contributed by atoms with Gasteiger partial charge in [-0.15, -0.1) is 0 Å². The topological polar surface area (TPSA) is 64.4 Å². The van der Waals surface area contributed by atoms with Gasteiger partial charge >= 0.3 is 0 Å². The molecule has 1 N–H and O–H groups in total. The van der Waals surface area contributed by atoms with Crippen molar-refractivity contribution >= 4 is 55.2 Å². The van der Waals surface area contributed by atoms with Crippen molar-refractivity contribution in [2.45, 2.75) is 13.8 Å². The number of hydrogen-bond donors (Lipinski definition) is 1. The van der Waals surface area contributed by atoms with Crippen LogP contribution in [0.4, 0.5) is 5.13 Å². The number of nitrogens with zero attached hydrogens (tertiary/aromatic N) is 1. The number of aryl methyl sites for hydroxylation is 2. The lowest BCUT2D eigenvalue weighted by molar-refractivity contribution is 0.0998. The van der Waals surface area contributed by atoms with E-state index in [-0.39, 0.29) is 11.7 Å². The Bertz CT molecular complexity index is 1160. The van der Waals surface area contributed by atoms with Gasteiger partial charge in [0.2, 0.25) is 0 Å². The minimum absolute atomic E-state index is 0.263. The molecule has 0 radical (unpaired) electrons. The SMILES string of the molecule is COc1ccc2nc(NC(=O)c3oc4cc(C)c(Cl)cc4c3C)sc2c1. The summed E-state index contributed by atoms with van der Waals surface area (Å²) in [6.45, 7) is 3.74. The first-order valence-electron chi connectivity index (χ1n) is 7.91. The molecule has 2 aromatic heterocycles. The maximum absolute atomic E-state index is 12.7. The zero-order valence-corrected chi connectivity index (χ0v) is 15.9. The van der Waals surface area contributed by atoms with Crippen LogP contribution in [-0.2, 0) is 0 Å². The van der Waals surface area contributed by atoms with Gasteiger partial charge in [-0.2, -0.15) is 0 Å². The van der Waals surface area contributed by atoms with E-state index in [4.69, 9.17) is 20.8 Å². The van der Waals surface area contributed by atoms with Crippen LogP contribution in [0.5, 0.6) is 5.75 Å². The third kappa shape index (κ3) is 2.81. The van der Waals surface area contributed by atoms with E-state index in [1.807, 2.05) is 44.2 Å². The Morgan fingerprint density at radius 3 is 2.85 bits per heavy atom. The second-order valence-electron chi connectivity index (χ2n) is 5.96. The highest BCUT2D eigenvalue weighted by molar-refractivity contribution is 7.22. The van der Waals surface area contributed by atoms with E-state index >= 15 is 0 Å². The van der Waals surface area contributed by atoms with Gasteiger partial charge in [-0.1, -0.05) is 22.9 Å². The second kappa shape index (κ2) is 6.30. The summed E-state index contributed by atoms with van der Waals surface area (Å²) in [6.07, 6.45) is 0. The largest absolute Gasteiger partial charge is 0.497 e. The monoisotopic (exact) mass is 386 g/mol. The summed E-state index contributed by atoms with van der Waals surface area (Å²) in [5, 5.41) is 4.80. The molecule has 0 atom stereocenters. The van der Waals surface area contributed by atoms with Crippen LogP contribution in [0.15, 0.2) is 34.7 Å². The lowest BCUT2D eigenvalue weighted by atomic mass is 10.1. The summed E-state index contributed by atoms with van der Waals surface area (Å²) < 4.78 is 11.9. The minimum Gasteiger partial charge on any atom is -0.497 e. The summed E-state index contributed by atoms with van der Waals surface area (Å²) in [5.74, 6) is 0.677. The summed E-state index contributed by atoms with van der Waals surface area (Å²) in [6, 6.07) is 9.25. The quantitative estimate of drug-likeness (QED) is 0.499. The highest BCUT2D eigenvalue weighted by atomic mass is 35.5. The number of hydrogen-bond acceptors (Lipinski definition) is 5. The van der Waals surface area contributed by atoms with Crippen molar-refractivity contribution in [1.82, 2.24) is 4.98 Å². The molecule has 26 heavy (non-hydrogen) atoms. The van der Waals surface area contributed by atoms with Gasteiger partial charge in [0.25, 0.3) is 5.91 Å². The number of anilines is 1. The van der Waals surface area contributed by atoms with Gasteiger partial charge in [-0.3, -0.25) is 10.1 Å². The molecule has 4 rings (SSSR count). The van der Waals surface area contributed by atoms with Crippen LogP contribution in [0, 0.1) is 13.8 Å². The van der Waals surface area contributed by atoms with Crippen LogP contribution in [0.25, 0.3) is 21.2 Å². The van der Waals surface area contributed by atoms with Gasteiger partial charge in [0.15, 0.2) is 10.9 Å². The van der Waals surface area contributed by atoms with Crippen molar-refractivity contribution < 1.29 is 13.9 Å². The van der Waals surface area contributed by atoms with Gasteiger partial charge in [-0.25, -0.2) is 4.98 Å². The molecular formula is C19H15ClN2O3S. The molecule has 132 valence electrons. The maximum atomic E-state index is 12.7. The first-order chi connectivity index (χ1) is 12.5. The Labute approximate surface area is 158 Å². The van der Waals surface area contributed by atoms with Crippen LogP contribution in [0.1, 0.15) is 21.7 Å². The van der Waals surface area contributed by atoms with Crippen molar-refractivity contribution in [3.05, 3.63) is 52.2 Å². The molecule has 2 aromatic carbocycles. The summed E-state index contributed by atoms with van der Waals surface area (Å²) in [5.41, 5.74) is 3.10. The number of ether oxygens (including phenoxy) is 1. The van der Waals surface area contributed by atoms with Crippen molar-refractivity contribution in [1.29, 1.82) is 0 Å². The average molecular weight is 387 g/mol. The molecule has 0 fully saturated rings. The van der Waals surface area contributed by atoms with Gasteiger partial charge in [0, 0.05) is 16.0 Å². The van der Waals surface area contributed by atoms with Gasteiger partial charge in [0.1, 0.15) is 11.3 Å². The molecular weight excluding hydrogens is 372 g/mol. The minimum atomic E-state index is -0.335. The number of halogens is 1. The number of nitrogens with one attached hydrogen (secondary N) is 1. The molecule has 0 saturated carbocycles. The van der Waals surface area contributed by atoms with Gasteiger partial charge in [-0.05, 0) is 49.7 Å². The molecule has 1 amide bonds. The van der Waals surface area contributed by atoms with Crippen LogP contribution < -0.4 is 10.1 Å². The second-order valence-corrected chi connectivity index (χ2v) is 7.40. The van der Waals surface area contributed by atoms with Gasteiger partial charge in [0.05, 0.1) is 17.3 Å². The summed E-state index contributed by atoms with van der Waals surface area (Å²) >= 11 is 7.57. The fourth-order valence-corrected chi connectivity index (χ4v) is 3.85. The fourth-order valence-electron chi connectivity index (χ4n) is 2.80. The predicted octanol–water partition coefficient (Wildman–Crippen LogP) is 5.57. The Morgan fingerprint density at radius 1 is 1.27 bits per heavy atom. The number of thiazole rings is 1. The number of benzene rings is 2. The summed E-state index contributed by atoms with van der Waals surface area (Å²) in [4.78, 5) is 17.1. The van der Waals surface area contributed by atoms with E-state index in [1.165, 1.54) is 11.3 Å². The number of carbonyl (C=O) groups is 1. The van der Waals surface area contributed by atoms with Crippen LogP contribution >= 0.6 is 22.9 Å². The Morgan fingerprint density at radius 2 is 2.08 bits per heavy atom. The number of aromatic nitrogens is 1. The zero-order valence-electron chi connectivity index (χ0n) is 14.3. The van der Waals surface area contributed by atoms with Crippen molar-refractivity contribution in [3.8, 4) is 5.75 Å². The smallest absolute Gasteiger partial charge is 0.293 e. The first kappa shape index (κ1) is 16.9. The third-order valence-corrected chi connectivity index (χ3v) is 5.58. The number of rotatable bonds is 3.